The molecule has 96 valence electrons. The summed E-state index contributed by atoms with van der Waals surface area (Å²) in [6.45, 7) is 2.58. The number of hydrogen-bond donors (Lipinski definition) is 1. The summed E-state index contributed by atoms with van der Waals surface area (Å²) in [5.74, 6) is 0.634. The fourth-order valence-corrected chi connectivity index (χ4v) is 2.96. The van der Waals surface area contributed by atoms with Crippen molar-refractivity contribution in [2.24, 2.45) is 5.73 Å². The van der Waals surface area contributed by atoms with Crippen molar-refractivity contribution in [1.29, 1.82) is 0 Å². The third-order valence-electron chi connectivity index (χ3n) is 2.66. The van der Waals surface area contributed by atoms with E-state index in [1.165, 1.54) is 6.92 Å². The summed E-state index contributed by atoms with van der Waals surface area (Å²) < 4.78 is 10.7. The van der Waals surface area contributed by atoms with Crippen molar-refractivity contribution in [3.05, 3.63) is 23.8 Å². The molecule has 1 aliphatic heterocycles. The first-order valence-electron chi connectivity index (χ1n) is 5.96. The predicted octanol–water partition coefficient (Wildman–Crippen LogP) is 0.916. The Labute approximate surface area is 111 Å². The molecule has 1 aromatic carbocycles. The molecule has 2 N–H and O–H groups in total. The van der Waals surface area contributed by atoms with Crippen LogP contribution in [-0.4, -0.2) is 25.4 Å². The molecule has 6 heteroatoms. The summed E-state index contributed by atoms with van der Waals surface area (Å²) in [7, 11) is -0.556. The lowest BCUT2D eigenvalue weighted by Crippen LogP contribution is -2.35. The monoisotopic (exact) mass is 265 g/mol. The van der Waals surface area contributed by atoms with Gasteiger partial charge in [-0.05, 0) is 30.3 Å². The van der Waals surface area contributed by atoms with E-state index in [4.69, 9.17) is 15.0 Å². The molecular weight excluding hydrogens is 249 g/mol. The van der Waals surface area contributed by atoms with Crippen molar-refractivity contribution in [3.8, 4) is 0 Å². The van der Waals surface area contributed by atoms with Crippen molar-refractivity contribution in [2.45, 2.75) is 24.8 Å². The second kappa shape index (κ2) is 6.27. The van der Waals surface area contributed by atoms with E-state index in [0.29, 0.717) is 13.2 Å². The molecule has 0 radical (unpaired) electrons. The first-order valence-corrected chi connectivity index (χ1v) is 6.94. The molecule has 0 aromatic heterocycles. The van der Waals surface area contributed by atoms with E-state index in [-0.39, 0.29) is 5.97 Å². The molecule has 0 bridgehead atoms. The summed E-state index contributed by atoms with van der Waals surface area (Å²) in [5, 5.41) is 0. The minimum atomic E-state index is -0.556. The fourth-order valence-electron chi connectivity index (χ4n) is 1.87. The molecule has 18 heavy (non-hydrogen) atoms. The van der Waals surface area contributed by atoms with Crippen molar-refractivity contribution in [2.75, 3.05) is 12.3 Å². The highest BCUT2D eigenvalue weighted by atomic mass is 32.2. The summed E-state index contributed by atoms with van der Waals surface area (Å²) in [4.78, 5) is 12.2. The molecule has 1 heterocycles. The Kier molecular flexibility index (Phi) is 4.69. The van der Waals surface area contributed by atoms with Crippen LogP contribution in [0.5, 0.6) is 0 Å². The van der Waals surface area contributed by atoms with Crippen LogP contribution in [0.15, 0.2) is 23.1 Å². The van der Waals surface area contributed by atoms with E-state index in [1.54, 1.807) is 11.8 Å². The normalized spacial score (nSPS) is 13.6. The maximum atomic E-state index is 11.1. The van der Waals surface area contributed by atoms with Crippen LogP contribution in [0.3, 0.4) is 0 Å². The molecule has 0 saturated carbocycles. The van der Waals surface area contributed by atoms with Crippen molar-refractivity contribution < 1.29 is 14.1 Å². The molecule has 0 saturated heterocycles. The van der Waals surface area contributed by atoms with Crippen LogP contribution in [-0.2, 0) is 20.7 Å². The predicted molar refractivity (Wildman–Crippen MR) is 72.8 cm³/mol. The molecule has 1 aliphatic rings. The largest absolute Gasteiger partial charge is 0.566 e. The van der Waals surface area contributed by atoms with E-state index >= 15 is 0 Å². The van der Waals surface area contributed by atoms with Gasteiger partial charge in [-0.1, -0.05) is 12.1 Å². The number of fused-ring (bicyclic) bond motifs is 1. The second-order valence-corrected chi connectivity index (χ2v) is 5.21. The van der Waals surface area contributed by atoms with Gasteiger partial charge in [0.1, 0.15) is 0 Å². The lowest BCUT2D eigenvalue weighted by atomic mass is 9.79. The smallest absolute Gasteiger partial charge is 0.506 e. The minimum absolute atomic E-state index is 0.324. The van der Waals surface area contributed by atoms with Gasteiger partial charge in [-0.25, -0.2) is 0 Å². The number of carbonyl (C=O) groups is 1. The SMILES string of the molecule is CC(=O)OB1OCc2cccc(SCCCN)c21. The average molecular weight is 265 g/mol. The number of nitrogens with two attached hydrogens (primary N) is 1. The van der Waals surface area contributed by atoms with Gasteiger partial charge in [-0.15, -0.1) is 11.8 Å². The lowest BCUT2D eigenvalue weighted by molar-refractivity contribution is -0.133. The summed E-state index contributed by atoms with van der Waals surface area (Å²) in [6, 6.07) is 6.04. The summed E-state index contributed by atoms with van der Waals surface area (Å²) >= 11 is 1.73. The Morgan fingerprint density at radius 2 is 2.44 bits per heavy atom. The first-order chi connectivity index (χ1) is 8.72. The van der Waals surface area contributed by atoms with Crippen LogP contribution in [0.1, 0.15) is 18.9 Å². The van der Waals surface area contributed by atoms with Crippen LogP contribution >= 0.6 is 11.8 Å². The molecule has 1 aromatic rings. The molecule has 0 aliphatic carbocycles. The number of rotatable bonds is 5. The van der Waals surface area contributed by atoms with Gasteiger partial charge in [0.25, 0.3) is 5.97 Å². The highest BCUT2D eigenvalue weighted by Gasteiger charge is 2.35. The van der Waals surface area contributed by atoms with E-state index in [0.717, 1.165) is 28.1 Å². The van der Waals surface area contributed by atoms with Crippen LogP contribution in [0.4, 0.5) is 0 Å². The highest BCUT2D eigenvalue weighted by molar-refractivity contribution is 7.99. The summed E-state index contributed by atoms with van der Waals surface area (Å²) in [6.07, 6.45) is 0.966. The Morgan fingerprint density at radius 1 is 1.61 bits per heavy atom. The highest BCUT2D eigenvalue weighted by Crippen LogP contribution is 2.23. The molecule has 0 unspecified atom stereocenters. The van der Waals surface area contributed by atoms with E-state index in [1.807, 2.05) is 18.2 Å². The second-order valence-electron chi connectivity index (χ2n) is 4.07. The van der Waals surface area contributed by atoms with Gasteiger partial charge in [0.2, 0.25) is 0 Å². The van der Waals surface area contributed by atoms with Gasteiger partial charge in [0.05, 0.1) is 6.61 Å². The maximum Gasteiger partial charge on any atom is 0.566 e. The van der Waals surface area contributed by atoms with Gasteiger partial charge in [0.15, 0.2) is 0 Å². The van der Waals surface area contributed by atoms with Crippen molar-refractivity contribution in [3.63, 3.8) is 0 Å². The van der Waals surface area contributed by atoms with E-state index in [2.05, 4.69) is 0 Å². The number of carbonyl (C=O) groups excluding carboxylic acids is 1. The van der Waals surface area contributed by atoms with Gasteiger partial charge in [-0.3, -0.25) is 4.79 Å². The fraction of sp³-hybridized carbons (Fsp3) is 0.417. The third kappa shape index (κ3) is 3.07. The van der Waals surface area contributed by atoms with Gasteiger partial charge >= 0.3 is 7.12 Å². The maximum absolute atomic E-state index is 11.1. The zero-order valence-corrected chi connectivity index (χ0v) is 11.2. The van der Waals surface area contributed by atoms with Crippen molar-refractivity contribution >= 4 is 30.3 Å². The van der Waals surface area contributed by atoms with Gasteiger partial charge in [-0.2, -0.15) is 0 Å². The molecular formula is C12H16BNO3S. The van der Waals surface area contributed by atoms with Crippen LogP contribution in [0.25, 0.3) is 0 Å². The van der Waals surface area contributed by atoms with E-state index in [9.17, 15) is 4.79 Å². The number of hydrogen-bond acceptors (Lipinski definition) is 5. The Balaban J connectivity index is 2.16. The van der Waals surface area contributed by atoms with Gasteiger partial charge < -0.3 is 15.0 Å². The number of thioether (sulfide) groups is 1. The number of benzene rings is 1. The zero-order chi connectivity index (χ0) is 13.0. The molecule has 2 rings (SSSR count). The molecule has 0 spiro atoms. The quantitative estimate of drug-likeness (QED) is 0.487. The molecule has 4 nitrogen and oxygen atoms in total. The summed E-state index contributed by atoms with van der Waals surface area (Å²) in [5.41, 5.74) is 7.58. The molecule has 0 amide bonds. The lowest BCUT2D eigenvalue weighted by Gasteiger charge is -2.10. The van der Waals surface area contributed by atoms with Gasteiger partial charge in [0, 0.05) is 17.3 Å². The standard InChI is InChI=1S/C12H16BNO3S/c1-9(15)17-13-12-10(8-16-13)4-2-5-11(12)18-7-3-6-14/h2,4-5H,3,6-8,14H2,1H3. The van der Waals surface area contributed by atoms with Crippen LogP contribution in [0, 0.1) is 0 Å². The minimum Gasteiger partial charge on any atom is -0.506 e. The van der Waals surface area contributed by atoms with Crippen molar-refractivity contribution in [1.82, 2.24) is 0 Å². The van der Waals surface area contributed by atoms with Crippen LogP contribution in [0.2, 0.25) is 0 Å². The molecule has 0 atom stereocenters. The zero-order valence-electron chi connectivity index (χ0n) is 10.3. The first kappa shape index (κ1) is 13.5. The average Bonchev–Trinajstić information content (AvgIpc) is 2.73. The topological polar surface area (TPSA) is 61.5 Å². The van der Waals surface area contributed by atoms with E-state index < -0.39 is 7.12 Å². The Morgan fingerprint density at radius 3 is 3.17 bits per heavy atom. The molecule has 0 fully saturated rings. The Hall–Kier alpha value is -0.975. The third-order valence-corrected chi connectivity index (χ3v) is 3.82. The van der Waals surface area contributed by atoms with Crippen LogP contribution < -0.4 is 11.2 Å². The Bertz CT molecular complexity index is 441.